The van der Waals surface area contributed by atoms with E-state index >= 15 is 0 Å². The van der Waals surface area contributed by atoms with E-state index in [1.54, 1.807) is 4.68 Å². The van der Waals surface area contributed by atoms with Crippen LogP contribution in [0.5, 0.6) is 0 Å². The largest absolute Gasteiger partial charge is 0.352 e. The number of sulfonamides is 1. The molecule has 0 bridgehead atoms. The molecule has 1 aliphatic heterocycles. The minimum Gasteiger partial charge on any atom is -0.352 e. The Labute approximate surface area is 122 Å². The molecule has 0 radical (unpaired) electrons. The molecular weight excluding hydrogens is 294 g/mol. The highest BCUT2D eigenvalue weighted by molar-refractivity contribution is 7.88. The van der Waals surface area contributed by atoms with Crippen molar-refractivity contribution in [1.82, 2.24) is 29.3 Å². The lowest BCUT2D eigenvalue weighted by Crippen LogP contribution is -2.48. The number of rotatable bonds is 3. The summed E-state index contributed by atoms with van der Waals surface area (Å²) in [6, 6.07) is 0. The van der Waals surface area contributed by atoms with E-state index < -0.39 is 10.0 Å². The maximum atomic E-state index is 11.5. The second kappa shape index (κ2) is 5.19. The third-order valence-corrected chi connectivity index (χ3v) is 4.89. The van der Waals surface area contributed by atoms with Gasteiger partial charge in [0.15, 0.2) is 17.0 Å². The number of piperazine rings is 1. The molecule has 0 aliphatic carbocycles. The zero-order valence-electron chi connectivity index (χ0n) is 12.0. The van der Waals surface area contributed by atoms with Gasteiger partial charge in [0, 0.05) is 32.7 Å². The van der Waals surface area contributed by atoms with Crippen molar-refractivity contribution in [3.05, 3.63) is 6.33 Å². The SMILES string of the molecule is CCn1nnc2c(N3CCN(S(C)(=O)=O)CC3)ncnc21. The standard InChI is InChI=1S/C11H17N7O2S/c1-3-18-11-9(14-15-18)10(12-8-13-11)16-4-6-17(7-5-16)21(2,19)20/h8H,3-7H2,1-2H3. The van der Waals surface area contributed by atoms with Gasteiger partial charge in [-0.15, -0.1) is 5.10 Å². The Morgan fingerprint density at radius 3 is 2.52 bits per heavy atom. The van der Waals surface area contributed by atoms with Gasteiger partial charge in [0.05, 0.1) is 6.26 Å². The highest BCUT2D eigenvalue weighted by Crippen LogP contribution is 2.22. The predicted octanol–water partition coefficient (Wildman–Crippen LogP) is -0.677. The molecule has 1 aliphatic rings. The van der Waals surface area contributed by atoms with E-state index in [4.69, 9.17) is 0 Å². The average molecular weight is 311 g/mol. The normalized spacial score (nSPS) is 17.5. The van der Waals surface area contributed by atoms with Crippen molar-refractivity contribution in [3.8, 4) is 0 Å². The molecule has 2 aromatic heterocycles. The fraction of sp³-hybridized carbons (Fsp3) is 0.636. The van der Waals surface area contributed by atoms with Crippen molar-refractivity contribution in [3.63, 3.8) is 0 Å². The molecule has 21 heavy (non-hydrogen) atoms. The van der Waals surface area contributed by atoms with Crippen LogP contribution in [0.4, 0.5) is 5.82 Å². The van der Waals surface area contributed by atoms with Gasteiger partial charge in [-0.3, -0.25) is 0 Å². The fourth-order valence-corrected chi connectivity index (χ4v) is 3.28. The molecule has 0 atom stereocenters. The van der Waals surface area contributed by atoms with Crippen LogP contribution in [0.15, 0.2) is 6.33 Å². The summed E-state index contributed by atoms with van der Waals surface area (Å²) < 4.78 is 26.3. The molecular formula is C11H17N7O2S. The number of hydrogen-bond acceptors (Lipinski definition) is 7. The number of nitrogens with zero attached hydrogens (tertiary/aromatic N) is 7. The summed E-state index contributed by atoms with van der Waals surface area (Å²) in [7, 11) is -3.13. The summed E-state index contributed by atoms with van der Waals surface area (Å²) in [6.07, 6.45) is 2.73. The number of aromatic nitrogens is 5. The van der Waals surface area contributed by atoms with E-state index in [0.29, 0.717) is 49.7 Å². The summed E-state index contributed by atoms with van der Waals surface area (Å²) in [6.45, 7) is 4.73. The average Bonchev–Trinajstić information content (AvgIpc) is 2.89. The van der Waals surface area contributed by atoms with Crippen LogP contribution in [0, 0.1) is 0 Å². The van der Waals surface area contributed by atoms with Crippen molar-refractivity contribution in [1.29, 1.82) is 0 Å². The fourth-order valence-electron chi connectivity index (χ4n) is 2.46. The highest BCUT2D eigenvalue weighted by atomic mass is 32.2. The summed E-state index contributed by atoms with van der Waals surface area (Å²) >= 11 is 0. The molecule has 0 unspecified atom stereocenters. The zero-order valence-corrected chi connectivity index (χ0v) is 12.8. The highest BCUT2D eigenvalue weighted by Gasteiger charge is 2.26. The first-order chi connectivity index (χ1) is 10.0. The third-order valence-electron chi connectivity index (χ3n) is 3.59. The van der Waals surface area contributed by atoms with E-state index in [9.17, 15) is 8.42 Å². The van der Waals surface area contributed by atoms with Gasteiger partial charge < -0.3 is 4.90 Å². The van der Waals surface area contributed by atoms with Crippen LogP contribution in [-0.2, 0) is 16.6 Å². The van der Waals surface area contributed by atoms with Gasteiger partial charge in [0.2, 0.25) is 10.0 Å². The van der Waals surface area contributed by atoms with Gasteiger partial charge in [-0.1, -0.05) is 5.21 Å². The smallest absolute Gasteiger partial charge is 0.211 e. The lowest BCUT2D eigenvalue weighted by atomic mass is 10.3. The summed E-state index contributed by atoms with van der Waals surface area (Å²) in [4.78, 5) is 10.5. The summed E-state index contributed by atoms with van der Waals surface area (Å²) in [5.41, 5.74) is 1.36. The van der Waals surface area contributed by atoms with Gasteiger partial charge in [-0.05, 0) is 6.92 Å². The predicted molar refractivity (Wildman–Crippen MR) is 77.4 cm³/mol. The first kappa shape index (κ1) is 14.1. The molecule has 2 aromatic rings. The molecule has 0 spiro atoms. The number of anilines is 1. The Kier molecular flexibility index (Phi) is 3.49. The molecule has 3 heterocycles. The van der Waals surface area contributed by atoms with Crippen LogP contribution < -0.4 is 4.90 Å². The van der Waals surface area contributed by atoms with Crippen LogP contribution in [0.2, 0.25) is 0 Å². The molecule has 3 rings (SSSR count). The van der Waals surface area contributed by atoms with Gasteiger partial charge in [-0.2, -0.15) is 4.31 Å². The van der Waals surface area contributed by atoms with Gasteiger partial charge in [0.25, 0.3) is 0 Å². The number of hydrogen-bond donors (Lipinski definition) is 0. The van der Waals surface area contributed by atoms with Crippen molar-refractivity contribution in [2.45, 2.75) is 13.5 Å². The van der Waals surface area contributed by atoms with E-state index in [1.165, 1.54) is 16.9 Å². The Balaban J connectivity index is 1.87. The molecule has 0 aromatic carbocycles. The van der Waals surface area contributed by atoms with E-state index in [-0.39, 0.29) is 0 Å². The molecule has 0 amide bonds. The Bertz CT molecular complexity index is 749. The van der Waals surface area contributed by atoms with Crippen molar-refractivity contribution in [2.24, 2.45) is 0 Å². The molecule has 1 saturated heterocycles. The van der Waals surface area contributed by atoms with Crippen molar-refractivity contribution < 1.29 is 8.42 Å². The van der Waals surface area contributed by atoms with E-state index in [0.717, 1.165) is 0 Å². The Morgan fingerprint density at radius 1 is 1.19 bits per heavy atom. The topological polar surface area (TPSA) is 97.1 Å². The van der Waals surface area contributed by atoms with Gasteiger partial charge in [0.1, 0.15) is 6.33 Å². The second-order valence-electron chi connectivity index (χ2n) is 4.92. The molecule has 10 heteroatoms. The Morgan fingerprint density at radius 2 is 1.90 bits per heavy atom. The molecule has 114 valence electrons. The van der Waals surface area contributed by atoms with Gasteiger partial charge in [-0.25, -0.2) is 23.1 Å². The van der Waals surface area contributed by atoms with Crippen LogP contribution >= 0.6 is 0 Å². The minimum absolute atomic E-state index is 0.451. The maximum absolute atomic E-state index is 11.5. The third kappa shape index (κ3) is 2.56. The Hall–Kier alpha value is -1.81. The number of fused-ring (bicyclic) bond motifs is 1. The zero-order chi connectivity index (χ0) is 15.0. The van der Waals surface area contributed by atoms with E-state index in [1.807, 2.05) is 11.8 Å². The first-order valence-corrected chi connectivity index (χ1v) is 8.60. The lowest BCUT2D eigenvalue weighted by molar-refractivity contribution is 0.387. The van der Waals surface area contributed by atoms with Gasteiger partial charge >= 0.3 is 0 Å². The van der Waals surface area contributed by atoms with Crippen LogP contribution in [0.25, 0.3) is 11.2 Å². The van der Waals surface area contributed by atoms with Crippen molar-refractivity contribution in [2.75, 3.05) is 37.3 Å². The monoisotopic (exact) mass is 311 g/mol. The van der Waals surface area contributed by atoms with Crippen LogP contribution in [0.1, 0.15) is 6.92 Å². The second-order valence-corrected chi connectivity index (χ2v) is 6.91. The summed E-state index contributed by atoms with van der Waals surface area (Å²) in [5.74, 6) is 0.716. The van der Waals surface area contributed by atoms with Crippen LogP contribution in [-0.4, -0.2) is 70.1 Å². The summed E-state index contributed by atoms with van der Waals surface area (Å²) in [5, 5.41) is 8.20. The quantitative estimate of drug-likeness (QED) is 0.741. The molecule has 9 nitrogen and oxygen atoms in total. The number of aryl methyl sites for hydroxylation is 1. The molecule has 0 N–H and O–H groups in total. The minimum atomic E-state index is -3.13. The first-order valence-electron chi connectivity index (χ1n) is 6.75. The van der Waals surface area contributed by atoms with Crippen LogP contribution in [0.3, 0.4) is 0 Å². The maximum Gasteiger partial charge on any atom is 0.211 e. The van der Waals surface area contributed by atoms with E-state index in [2.05, 4.69) is 20.3 Å². The van der Waals surface area contributed by atoms with Crippen molar-refractivity contribution >= 4 is 27.0 Å². The molecule has 0 saturated carbocycles. The molecule has 1 fully saturated rings. The lowest BCUT2D eigenvalue weighted by Gasteiger charge is -2.33.